The van der Waals surface area contributed by atoms with Crippen LogP contribution in [0.3, 0.4) is 0 Å². The first kappa shape index (κ1) is 19.5. The molecule has 8 heteroatoms. The molecule has 0 saturated carbocycles. The first-order chi connectivity index (χ1) is 14.3. The normalized spacial score (nSPS) is 11.5. The molecule has 0 aliphatic heterocycles. The van der Waals surface area contributed by atoms with E-state index in [2.05, 4.69) is 0 Å². The third kappa shape index (κ3) is 3.48. The molecule has 3 aromatic carbocycles. The lowest BCUT2D eigenvalue weighted by molar-refractivity contribution is -0.384. The van der Waals surface area contributed by atoms with Crippen LogP contribution < -0.4 is 5.43 Å². The molecular weight excluding hydrogens is 406 g/mol. The summed E-state index contributed by atoms with van der Waals surface area (Å²) in [7, 11) is -3.39. The van der Waals surface area contributed by atoms with Gasteiger partial charge in [-0.3, -0.25) is 14.9 Å². The van der Waals surface area contributed by atoms with E-state index in [1.165, 1.54) is 30.3 Å². The van der Waals surface area contributed by atoms with E-state index in [-0.39, 0.29) is 27.3 Å². The molecule has 0 amide bonds. The Morgan fingerprint density at radius 3 is 2.27 bits per heavy atom. The molecule has 0 aliphatic carbocycles. The van der Waals surface area contributed by atoms with Crippen LogP contribution in [-0.2, 0) is 9.84 Å². The molecule has 0 unspecified atom stereocenters. The van der Waals surface area contributed by atoms with Crippen LogP contribution in [0.4, 0.5) is 5.69 Å². The number of fused-ring (bicyclic) bond motifs is 1. The lowest BCUT2D eigenvalue weighted by Gasteiger charge is -2.11. The van der Waals surface area contributed by atoms with Crippen LogP contribution in [0.5, 0.6) is 0 Å². The van der Waals surface area contributed by atoms with Crippen molar-refractivity contribution in [2.45, 2.75) is 4.90 Å². The quantitative estimate of drug-likeness (QED) is 0.356. The molecule has 0 fully saturated rings. The summed E-state index contributed by atoms with van der Waals surface area (Å²) in [4.78, 5) is 24.1. The molecule has 0 radical (unpaired) electrons. The Hall–Kier alpha value is -3.78. The fourth-order valence-corrected chi connectivity index (χ4v) is 3.87. The maximum absolute atomic E-state index is 13.3. The fraction of sp³-hybridized carbons (Fsp3) is 0.0455. The molecule has 4 aromatic rings. The van der Waals surface area contributed by atoms with E-state index in [1.54, 1.807) is 42.5 Å². The van der Waals surface area contributed by atoms with Gasteiger partial charge in [-0.25, -0.2) is 8.42 Å². The van der Waals surface area contributed by atoms with Crippen molar-refractivity contribution in [1.29, 1.82) is 0 Å². The van der Waals surface area contributed by atoms with Gasteiger partial charge in [0.25, 0.3) is 5.69 Å². The Morgan fingerprint density at radius 1 is 0.900 bits per heavy atom. The minimum Gasteiger partial charge on any atom is -0.455 e. The summed E-state index contributed by atoms with van der Waals surface area (Å²) in [5, 5.41) is 11.6. The third-order valence-corrected chi connectivity index (χ3v) is 5.82. The number of para-hydroxylation sites is 1. The number of non-ortho nitro benzene ring substituents is 1. The van der Waals surface area contributed by atoms with Gasteiger partial charge in [-0.05, 0) is 42.0 Å². The molecule has 30 heavy (non-hydrogen) atoms. The van der Waals surface area contributed by atoms with E-state index in [0.717, 1.165) is 6.26 Å². The van der Waals surface area contributed by atoms with Crippen LogP contribution in [0.1, 0.15) is 0 Å². The van der Waals surface area contributed by atoms with Crippen LogP contribution in [0.15, 0.2) is 86.9 Å². The van der Waals surface area contributed by atoms with Crippen LogP contribution in [0.25, 0.3) is 33.4 Å². The molecule has 0 spiro atoms. The van der Waals surface area contributed by atoms with Gasteiger partial charge in [0.05, 0.1) is 20.8 Å². The van der Waals surface area contributed by atoms with E-state index in [1.807, 2.05) is 0 Å². The zero-order valence-corrected chi connectivity index (χ0v) is 16.5. The molecule has 0 saturated heterocycles. The number of hydrogen-bond acceptors (Lipinski definition) is 6. The number of nitrogens with zero attached hydrogens (tertiary/aromatic N) is 1. The van der Waals surface area contributed by atoms with Crippen molar-refractivity contribution in [3.63, 3.8) is 0 Å². The van der Waals surface area contributed by atoms with Gasteiger partial charge < -0.3 is 4.42 Å². The summed E-state index contributed by atoms with van der Waals surface area (Å²) in [6.07, 6.45) is 1.10. The first-order valence-corrected chi connectivity index (χ1v) is 10.8. The summed E-state index contributed by atoms with van der Waals surface area (Å²) >= 11 is 0. The zero-order chi connectivity index (χ0) is 21.5. The lowest BCUT2D eigenvalue weighted by atomic mass is 9.98. The molecule has 0 N–H and O–H groups in total. The second-order valence-corrected chi connectivity index (χ2v) is 8.75. The van der Waals surface area contributed by atoms with Gasteiger partial charge in [-0.15, -0.1) is 0 Å². The molecule has 150 valence electrons. The Bertz CT molecular complexity index is 1450. The van der Waals surface area contributed by atoms with Crippen LogP contribution >= 0.6 is 0 Å². The highest BCUT2D eigenvalue weighted by Gasteiger charge is 2.20. The fourth-order valence-electron chi connectivity index (χ4n) is 3.24. The smallest absolute Gasteiger partial charge is 0.270 e. The summed E-state index contributed by atoms with van der Waals surface area (Å²) in [5.74, 6) is 0.208. The van der Waals surface area contributed by atoms with Gasteiger partial charge in [0.1, 0.15) is 11.3 Å². The zero-order valence-electron chi connectivity index (χ0n) is 15.7. The van der Waals surface area contributed by atoms with Crippen LogP contribution in [0, 0.1) is 10.1 Å². The van der Waals surface area contributed by atoms with E-state index < -0.39 is 14.8 Å². The van der Waals surface area contributed by atoms with Gasteiger partial charge in [0.15, 0.2) is 9.84 Å². The van der Waals surface area contributed by atoms with E-state index >= 15 is 0 Å². The SMILES string of the molecule is CS(=O)(=O)c1ccc(-c2oc3ccccc3c(=O)c2-c2cccc([N+](=O)[O-])c2)cc1. The Morgan fingerprint density at radius 2 is 1.60 bits per heavy atom. The van der Waals surface area contributed by atoms with Gasteiger partial charge >= 0.3 is 0 Å². The second kappa shape index (κ2) is 7.23. The predicted molar refractivity (Wildman–Crippen MR) is 113 cm³/mol. The topological polar surface area (TPSA) is 107 Å². The molecule has 0 bridgehead atoms. The lowest BCUT2D eigenvalue weighted by Crippen LogP contribution is -2.07. The summed E-state index contributed by atoms with van der Waals surface area (Å²) in [5.41, 5.74) is 0.860. The van der Waals surface area contributed by atoms with Gasteiger partial charge in [0.2, 0.25) is 5.43 Å². The molecule has 4 rings (SSSR count). The van der Waals surface area contributed by atoms with E-state index in [0.29, 0.717) is 22.1 Å². The van der Waals surface area contributed by atoms with Crippen molar-refractivity contribution in [2.75, 3.05) is 6.26 Å². The first-order valence-electron chi connectivity index (χ1n) is 8.87. The van der Waals surface area contributed by atoms with Crippen LogP contribution in [-0.4, -0.2) is 19.6 Å². The van der Waals surface area contributed by atoms with Crippen molar-refractivity contribution in [2.24, 2.45) is 0 Å². The van der Waals surface area contributed by atoms with Crippen LogP contribution in [0.2, 0.25) is 0 Å². The molecule has 7 nitrogen and oxygen atoms in total. The van der Waals surface area contributed by atoms with Crippen molar-refractivity contribution < 1.29 is 17.8 Å². The maximum atomic E-state index is 13.3. The number of benzene rings is 3. The molecule has 1 aromatic heterocycles. The van der Waals surface area contributed by atoms with E-state index in [9.17, 15) is 23.3 Å². The highest BCUT2D eigenvalue weighted by Crippen LogP contribution is 2.34. The number of rotatable bonds is 4. The number of sulfone groups is 1. The second-order valence-electron chi connectivity index (χ2n) is 6.74. The van der Waals surface area contributed by atoms with Crippen molar-refractivity contribution in [1.82, 2.24) is 0 Å². The molecule has 0 aliphatic rings. The minimum absolute atomic E-state index is 0.131. The monoisotopic (exact) mass is 421 g/mol. The van der Waals surface area contributed by atoms with Crippen molar-refractivity contribution in [3.8, 4) is 22.5 Å². The number of nitro groups is 1. The van der Waals surface area contributed by atoms with Gasteiger partial charge in [0, 0.05) is 24.0 Å². The Kier molecular flexibility index (Phi) is 4.71. The van der Waals surface area contributed by atoms with Gasteiger partial charge in [-0.1, -0.05) is 24.3 Å². The summed E-state index contributed by atoms with van der Waals surface area (Å²) in [6, 6.07) is 18.4. The number of hydrogen-bond donors (Lipinski definition) is 0. The highest BCUT2D eigenvalue weighted by molar-refractivity contribution is 7.90. The molecule has 1 heterocycles. The Balaban J connectivity index is 2.04. The summed E-state index contributed by atoms with van der Waals surface area (Å²) in [6.45, 7) is 0. The number of nitro benzene ring substituents is 1. The standard InChI is InChI=1S/C22H15NO6S/c1-30(27,28)17-11-9-14(10-12-17)22-20(15-5-4-6-16(13-15)23(25)26)21(24)18-7-2-3-8-19(18)29-22/h2-13H,1H3. The van der Waals surface area contributed by atoms with E-state index in [4.69, 9.17) is 4.42 Å². The predicted octanol–water partition coefficient (Wildman–Crippen LogP) is 4.44. The third-order valence-electron chi connectivity index (χ3n) is 4.69. The average molecular weight is 421 g/mol. The Labute approximate surface area is 171 Å². The van der Waals surface area contributed by atoms with Crippen molar-refractivity contribution in [3.05, 3.63) is 93.1 Å². The minimum atomic E-state index is -3.39. The molecular formula is C22H15NO6S. The molecule has 0 atom stereocenters. The average Bonchev–Trinajstić information content (AvgIpc) is 2.73. The highest BCUT2D eigenvalue weighted by atomic mass is 32.2. The summed E-state index contributed by atoms with van der Waals surface area (Å²) < 4.78 is 29.5. The van der Waals surface area contributed by atoms with Crippen molar-refractivity contribution >= 4 is 26.5 Å². The van der Waals surface area contributed by atoms with Gasteiger partial charge in [-0.2, -0.15) is 0 Å². The maximum Gasteiger partial charge on any atom is 0.270 e. The largest absolute Gasteiger partial charge is 0.455 e.